The van der Waals surface area contributed by atoms with Crippen LogP contribution in [0.1, 0.15) is 23.7 Å². The number of anilines is 1. The van der Waals surface area contributed by atoms with Crippen molar-refractivity contribution in [2.75, 3.05) is 12.4 Å². The number of alkyl halides is 3. The number of methoxy groups -OCH3 is 1. The fourth-order valence-electron chi connectivity index (χ4n) is 1.55. The zero-order chi connectivity index (χ0) is 16.2. The van der Waals surface area contributed by atoms with Crippen molar-refractivity contribution in [1.29, 1.82) is 0 Å². The first-order valence-corrected chi connectivity index (χ1v) is 5.93. The maximum atomic E-state index is 12.3. The number of rotatable bonds is 5. The number of carbonyl (C=O) groups is 2. The van der Waals surface area contributed by atoms with E-state index in [1.807, 2.05) is 0 Å². The summed E-state index contributed by atoms with van der Waals surface area (Å²) in [6.45, 7) is 0.910. The molecule has 0 bridgehead atoms. The minimum atomic E-state index is -4.44. The zero-order valence-corrected chi connectivity index (χ0v) is 11.3. The van der Waals surface area contributed by atoms with Crippen LogP contribution in [0.15, 0.2) is 18.2 Å². The molecule has 0 aliphatic heterocycles. The van der Waals surface area contributed by atoms with Gasteiger partial charge in [0.15, 0.2) is 0 Å². The lowest BCUT2D eigenvalue weighted by molar-refractivity contribution is -0.173. The van der Waals surface area contributed by atoms with Crippen LogP contribution < -0.4 is 10.1 Å². The number of hydrogen-bond donors (Lipinski definition) is 2. The van der Waals surface area contributed by atoms with Crippen molar-refractivity contribution >= 4 is 17.6 Å². The molecule has 8 heteroatoms. The van der Waals surface area contributed by atoms with Gasteiger partial charge in [-0.15, -0.1) is 0 Å². The summed E-state index contributed by atoms with van der Waals surface area (Å²) >= 11 is 0. The van der Waals surface area contributed by atoms with Crippen molar-refractivity contribution in [2.45, 2.75) is 19.5 Å². The average molecular weight is 305 g/mol. The number of carboxylic acid groups (broad SMARTS) is 1. The van der Waals surface area contributed by atoms with Crippen LogP contribution in [0.5, 0.6) is 5.75 Å². The van der Waals surface area contributed by atoms with Crippen LogP contribution in [0.25, 0.3) is 0 Å². The summed E-state index contributed by atoms with van der Waals surface area (Å²) < 4.78 is 41.9. The fraction of sp³-hybridized carbons (Fsp3) is 0.385. The predicted molar refractivity (Wildman–Crippen MR) is 68.4 cm³/mol. The van der Waals surface area contributed by atoms with Crippen LogP contribution in [-0.4, -0.2) is 30.3 Å². The molecule has 0 saturated heterocycles. The van der Waals surface area contributed by atoms with Crippen molar-refractivity contribution in [1.82, 2.24) is 0 Å². The number of benzene rings is 1. The van der Waals surface area contributed by atoms with E-state index < -0.39 is 30.4 Å². The molecule has 1 unspecified atom stereocenters. The summed E-state index contributed by atoms with van der Waals surface area (Å²) in [5.41, 5.74) is 0.0513. The van der Waals surface area contributed by atoms with E-state index in [4.69, 9.17) is 9.84 Å². The number of ether oxygens (including phenoxy) is 1. The first kappa shape index (κ1) is 16.8. The van der Waals surface area contributed by atoms with E-state index in [-0.39, 0.29) is 17.0 Å². The SMILES string of the molecule is COc1cc(NC(=O)CC(C)C(F)(F)F)ccc1C(=O)O. The molecule has 5 nitrogen and oxygen atoms in total. The highest BCUT2D eigenvalue weighted by Gasteiger charge is 2.37. The Kier molecular flexibility index (Phi) is 5.17. The molecule has 1 aromatic carbocycles. The molecule has 0 spiro atoms. The van der Waals surface area contributed by atoms with E-state index in [0.717, 1.165) is 6.92 Å². The Morgan fingerprint density at radius 2 is 2.00 bits per heavy atom. The Hall–Kier alpha value is -2.25. The largest absolute Gasteiger partial charge is 0.496 e. The summed E-state index contributed by atoms with van der Waals surface area (Å²) in [6.07, 6.45) is -5.16. The van der Waals surface area contributed by atoms with Gasteiger partial charge in [0.05, 0.1) is 13.0 Å². The van der Waals surface area contributed by atoms with Gasteiger partial charge in [0.1, 0.15) is 11.3 Å². The molecule has 0 aromatic heterocycles. The Balaban J connectivity index is 2.80. The molecule has 1 atom stereocenters. The van der Waals surface area contributed by atoms with Gasteiger partial charge in [0.25, 0.3) is 0 Å². The lowest BCUT2D eigenvalue weighted by Gasteiger charge is -2.15. The van der Waals surface area contributed by atoms with Crippen molar-refractivity contribution in [2.24, 2.45) is 5.92 Å². The summed E-state index contributed by atoms with van der Waals surface area (Å²) in [4.78, 5) is 22.4. The van der Waals surface area contributed by atoms with Gasteiger partial charge in [-0.2, -0.15) is 13.2 Å². The molecular formula is C13H14F3NO4. The summed E-state index contributed by atoms with van der Waals surface area (Å²) in [6, 6.07) is 3.71. The highest BCUT2D eigenvalue weighted by molar-refractivity contribution is 5.94. The maximum Gasteiger partial charge on any atom is 0.392 e. The molecule has 0 heterocycles. The normalized spacial score (nSPS) is 12.6. The molecule has 1 amide bonds. The average Bonchev–Trinajstić information content (AvgIpc) is 2.36. The molecule has 0 saturated carbocycles. The molecule has 0 fully saturated rings. The first-order chi connectivity index (χ1) is 9.65. The molecule has 2 N–H and O–H groups in total. The summed E-state index contributed by atoms with van der Waals surface area (Å²) in [5, 5.41) is 11.2. The third-order valence-electron chi connectivity index (χ3n) is 2.77. The number of aromatic carboxylic acids is 1. The van der Waals surface area contributed by atoms with E-state index >= 15 is 0 Å². The van der Waals surface area contributed by atoms with Crippen LogP contribution in [0, 0.1) is 5.92 Å². The fourth-order valence-corrected chi connectivity index (χ4v) is 1.55. The quantitative estimate of drug-likeness (QED) is 0.877. The molecule has 21 heavy (non-hydrogen) atoms. The van der Waals surface area contributed by atoms with Crippen LogP contribution in [0.4, 0.5) is 18.9 Å². The monoisotopic (exact) mass is 305 g/mol. The Labute approximate surface area is 118 Å². The van der Waals surface area contributed by atoms with Gasteiger partial charge in [-0.05, 0) is 12.1 Å². The molecule has 116 valence electrons. The molecule has 0 radical (unpaired) electrons. The van der Waals surface area contributed by atoms with E-state index in [1.54, 1.807) is 0 Å². The smallest absolute Gasteiger partial charge is 0.392 e. The third-order valence-corrected chi connectivity index (χ3v) is 2.77. The van der Waals surface area contributed by atoms with Gasteiger partial charge in [-0.25, -0.2) is 4.79 Å². The number of hydrogen-bond acceptors (Lipinski definition) is 3. The topological polar surface area (TPSA) is 75.6 Å². The molecule has 1 aromatic rings. The zero-order valence-electron chi connectivity index (χ0n) is 11.3. The summed E-state index contributed by atoms with van der Waals surface area (Å²) in [5.74, 6) is -3.79. The van der Waals surface area contributed by atoms with Gasteiger partial charge in [-0.1, -0.05) is 6.92 Å². The van der Waals surface area contributed by atoms with Crippen molar-refractivity contribution < 1.29 is 32.6 Å². The standard InChI is InChI=1S/C13H14F3NO4/c1-7(13(14,15)16)5-11(18)17-8-3-4-9(12(19)20)10(6-8)21-2/h3-4,6-7H,5H2,1-2H3,(H,17,18)(H,19,20). The van der Waals surface area contributed by atoms with E-state index in [1.165, 1.54) is 25.3 Å². The van der Waals surface area contributed by atoms with E-state index in [9.17, 15) is 22.8 Å². The van der Waals surface area contributed by atoms with Crippen LogP contribution in [0.2, 0.25) is 0 Å². The Morgan fingerprint density at radius 3 is 2.48 bits per heavy atom. The summed E-state index contributed by atoms with van der Waals surface area (Å²) in [7, 11) is 1.25. The Morgan fingerprint density at radius 1 is 1.38 bits per heavy atom. The van der Waals surface area contributed by atoms with Gasteiger partial charge in [0, 0.05) is 18.2 Å². The molecule has 0 aliphatic carbocycles. The van der Waals surface area contributed by atoms with Crippen molar-refractivity contribution in [3.8, 4) is 5.75 Å². The Bertz CT molecular complexity index is 543. The molecule has 0 aliphatic rings. The van der Waals surface area contributed by atoms with E-state index in [0.29, 0.717) is 0 Å². The number of amides is 1. The van der Waals surface area contributed by atoms with Gasteiger partial charge >= 0.3 is 12.1 Å². The van der Waals surface area contributed by atoms with Gasteiger partial charge in [-0.3, -0.25) is 4.79 Å². The first-order valence-electron chi connectivity index (χ1n) is 5.93. The lowest BCUT2D eigenvalue weighted by Crippen LogP contribution is -2.25. The minimum absolute atomic E-state index is 0.00386. The second-order valence-corrected chi connectivity index (χ2v) is 4.42. The van der Waals surface area contributed by atoms with Crippen molar-refractivity contribution in [3.63, 3.8) is 0 Å². The highest BCUT2D eigenvalue weighted by Crippen LogP contribution is 2.29. The van der Waals surface area contributed by atoms with Crippen LogP contribution in [0.3, 0.4) is 0 Å². The van der Waals surface area contributed by atoms with E-state index in [2.05, 4.69) is 5.32 Å². The number of carboxylic acids is 1. The second-order valence-electron chi connectivity index (χ2n) is 4.42. The van der Waals surface area contributed by atoms with Gasteiger partial charge < -0.3 is 15.2 Å². The van der Waals surface area contributed by atoms with Crippen LogP contribution in [-0.2, 0) is 4.79 Å². The minimum Gasteiger partial charge on any atom is -0.496 e. The highest BCUT2D eigenvalue weighted by atomic mass is 19.4. The van der Waals surface area contributed by atoms with Crippen molar-refractivity contribution in [3.05, 3.63) is 23.8 Å². The third kappa shape index (κ3) is 4.66. The predicted octanol–water partition coefficient (Wildman–Crippen LogP) is 2.92. The van der Waals surface area contributed by atoms with Gasteiger partial charge in [0.2, 0.25) is 5.91 Å². The second kappa shape index (κ2) is 6.47. The number of carbonyl (C=O) groups excluding carboxylic acids is 1. The number of nitrogens with one attached hydrogen (secondary N) is 1. The number of halogens is 3. The molecule has 1 rings (SSSR count). The van der Waals surface area contributed by atoms with Crippen LogP contribution >= 0.6 is 0 Å². The molecular weight excluding hydrogens is 291 g/mol. The maximum absolute atomic E-state index is 12.3. The lowest BCUT2D eigenvalue weighted by atomic mass is 10.1.